The molecule has 0 aliphatic carbocycles. The normalized spacial score (nSPS) is 12.2. The molecule has 18 heavy (non-hydrogen) atoms. The molecule has 0 saturated heterocycles. The minimum absolute atomic E-state index is 0.0569. The molecule has 96 valence electrons. The molecule has 0 aromatic heterocycles. The predicted octanol–water partition coefficient (Wildman–Crippen LogP) is 3.66. The highest BCUT2D eigenvalue weighted by atomic mass is 35.5. The molecule has 0 heterocycles. The van der Waals surface area contributed by atoms with E-state index in [2.05, 4.69) is 13.8 Å². The van der Waals surface area contributed by atoms with E-state index in [4.69, 9.17) is 16.9 Å². The second-order valence-electron chi connectivity index (χ2n) is 4.64. The van der Waals surface area contributed by atoms with Crippen LogP contribution in [0.5, 0.6) is 0 Å². The Balaban J connectivity index is 2.90. The first-order valence-electron chi connectivity index (χ1n) is 5.75. The number of nitro groups is 1. The molecule has 1 aromatic rings. The number of rotatable bonds is 5. The number of nitro benzene ring substituents is 1. The summed E-state index contributed by atoms with van der Waals surface area (Å²) in [5.41, 5.74) is 1.03. The maximum atomic E-state index is 10.6. The minimum Gasteiger partial charge on any atom is -0.258 e. The van der Waals surface area contributed by atoms with E-state index in [0.29, 0.717) is 17.9 Å². The first-order valence-corrected chi connectivity index (χ1v) is 6.19. The van der Waals surface area contributed by atoms with Crippen molar-refractivity contribution in [2.24, 2.45) is 5.92 Å². The quantitative estimate of drug-likeness (QED) is 0.464. The minimum atomic E-state index is -0.503. The van der Waals surface area contributed by atoms with Crippen LogP contribution in [0.1, 0.15) is 31.4 Å². The van der Waals surface area contributed by atoms with Crippen molar-refractivity contribution in [3.8, 4) is 6.07 Å². The van der Waals surface area contributed by atoms with E-state index >= 15 is 0 Å². The Hall–Kier alpha value is -1.60. The number of hydrogen-bond acceptors (Lipinski definition) is 3. The number of alkyl halides is 1. The van der Waals surface area contributed by atoms with Crippen molar-refractivity contribution in [3.63, 3.8) is 0 Å². The van der Waals surface area contributed by atoms with Crippen LogP contribution in [0.25, 0.3) is 0 Å². The average molecular weight is 267 g/mol. The SMILES string of the molecule is CC(C)CC(Cl)Cc1ccc([N+](=O)[O-])cc1C#N. The fourth-order valence-corrected chi connectivity index (χ4v) is 2.32. The Morgan fingerprint density at radius 2 is 2.17 bits per heavy atom. The van der Waals surface area contributed by atoms with E-state index in [1.807, 2.05) is 6.07 Å². The highest BCUT2D eigenvalue weighted by Crippen LogP contribution is 2.22. The highest BCUT2D eigenvalue weighted by Gasteiger charge is 2.14. The van der Waals surface area contributed by atoms with E-state index in [1.54, 1.807) is 6.07 Å². The number of benzene rings is 1. The van der Waals surface area contributed by atoms with Gasteiger partial charge in [-0.05, 0) is 24.3 Å². The van der Waals surface area contributed by atoms with Crippen LogP contribution in [0.4, 0.5) is 5.69 Å². The summed E-state index contributed by atoms with van der Waals surface area (Å²) in [6.45, 7) is 4.16. The zero-order valence-corrected chi connectivity index (χ0v) is 11.1. The topological polar surface area (TPSA) is 66.9 Å². The van der Waals surface area contributed by atoms with Crippen molar-refractivity contribution < 1.29 is 4.92 Å². The van der Waals surface area contributed by atoms with Gasteiger partial charge in [-0.1, -0.05) is 19.9 Å². The van der Waals surface area contributed by atoms with E-state index in [-0.39, 0.29) is 11.1 Å². The molecule has 1 rings (SSSR count). The van der Waals surface area contributed by atoms with Gasteiger partial charge in [0.15, 0.2) is 0 Å². The average Bonchev–Trinajstić information content (AvgIpc) is 2.27. The van der Waals surface area contributed by atoms with Crippen molar-refractivity contribution in [1.29, 1.82) is 5.26 Å². The molecule has 5 heteroatoms. The van der Waals surface area contributed by atoms with Crippen LogP contribution >= 0.6 is 11.6 Å². The van der Waals surface area contributed by atoms with Crippen molar-refractivity contribution in [3.05, 3.63) is 39.4 Å². The van der Waals surface area contributed by atoms with Gasteiger partial charge >= 0.3 is 0 Å². The summed E-state index contributed by atoms with van der Waals surface area (Å²) in [5.74, 6) is 0.482. The number of non-ortho nitro benzene ring substituents is 1. The van der Waals surface area contributed by atoms with Crippen molar-refractivity contribution >= 4 is 17.3 Å². The summed E-state index contributed by atoms with van der Waals surface area (Å²) in [4.78, 5) is 10.1. The number of nitrogens with zero attached hydrogens (tertiary/aromatic N) is 2. The zero-order chi connectivity index (χ0) is 13.7. The van der Waals surface area contributed by atoms with Gasteiger partial charge < -0.3 is 0 Å². The molecule has 0 N–H and O–H groups in total. The van der Waals surface area contributed by atoms with Crippen molar-refractivity contribution in [1.82, 2.24) is 0 Å². The van der Waals surface area contributed by atoms with Crippen LogP contribution in [-0.2, 0) is 6.42 Å². The molecule has 0 fully saturated rings. The van der Waals surface area contributed by atoms with Crippen LogP contribution in [-0.4, -0.2) is 10.3 Å². The van der Waals surface area contributed by atoms with Gasteiger partial charge in [0.05, 0.1) is 16.6 Å². The fraction of sp³-hybridized carbons (Fsp3) is 0.462. The lowest BCUT2D eigenvalue weighted by molar-refractivity contribution is -0.384. The third kappa shape index (κ3) is 4.01. The molecule has 0 spiro atoms. The lowest BCUT2D eigenvalue weighted by Crippen LogP contribution is -2.08. The van der Waals surface area contributed by atoms with Crippen molar-refractivity contribution in [2.75, 3.05) is 0 Å². The van der Waals surface area contributed by atoms with E-state index < -0.39 is 4.92 Å². The third-order valence-electron chi connectivity index (χ3n) is 2.59. The zero-order valence-electron chi connectivity index (χ0n) is 10.4. The predicted molar refractivity (Wildman–Crippen MR) is 70.6 cm³/mol. The molecular formula is C13H15ClN2O2. The fourth-order valence-electron chi connectivity index (χ4n) is 1.79. The van der Waals surface area contributed by atoms with Gasteiger partial charge in [-0.25, -0.2) is 0 Å². The maximum absolute atomic E-state index is 10.6. The molecule has 0 saturated carbocycles. The Morgan fingerprint density at radius 1 is 1.50 bits per heavy atom. The molecule has 0 amide bonds. The van der Waals surface area contributed by atoms with Crippen LogP contribution < -0.4 is 0 Å². The van der Waals surface area contributed by atoms with E-state index in [1.165, 1.54) is 12.1 Å². The summed E-state index contributed by atoms with van der Waals surface area (Å²) < 4.78 is 0. The first-order chi connectivity index (χ1) is 8.43. The summed E-state index contributed by atoms with van der Waals surface area (Å²) >= 11 is 6.20. The van der Waals surface area contributed by atoms with E-state index in [9.17, 15) is 10.1 Å². The van der Waals surface area contributed by atoms with Gasteiger partial charge in [0.2, 0.25) is 0 Å². The summed E-state index contributed by atoms with van der Waals surface area (Å²) in [5, 5.41) is 19.6. The van der Waals surface area contributed by atoms with Crippen LogP contribution in [0.2, 0.25) is 0 Å². The molecule has 1 aromatic carbocycles. The molecule has 1 atom stereocenters. The Labute approximate surface area is 111 Å². The van der Waals surface area contributed by atoms with Gasteiger partial charge in [-0.15, -0.1) is 11.6 Å². The number of nitriles is 1. The largest absolute Gasteiger partial charge is 0.270 e. The van der Waals surface area contributed by atoms with Gasteiger partial charge in [0, 0.05) is 17.5 Å². The second-order valence-corrected chi connectivity index (χ2v) is 5.26. The first kappa shape index (κ1) is 14.5. The summed E-state index contributed by atoms with van der Waals surface area (Å²) in [6.07, 6.45) is 1.41. The highest BCUT2D eigenvalue weighted by molar-refractivity contribution is 6.20. The molecule has 0 radical (unpaired) electrons. The standard InChI is InChI=1S/C13H15ClN2O2/c1-9(2)5-12(14)6-10-3-4-13(16(17)18)7-11(10)8-15/h3-4,7,9,12H,5-6H2,1-2H3. The lowest BCUT2D eigenvalue weighted by Gasteiger charge is -2.12. The number of halogens is 1. The Morgan fingerprint density at radius 3 is 2.67 bits per heavy atom. The molecule has 0 bridgehead atoms. The molecular weight excluding hydrogens is 252 g/mol. The second kappa shape index (κ2) is 6.36. The molecule has 0 aliphatic rings. The van der Waals surface area contributed by atoms with Gasteiger partial charge in [0.25, 0.3) is 5.69 Å². The van der Waals surface area contributed by atoms with E-state index in [0.717, 1.165) is 12.0 Å². The third-order valence-corrected chi connectivity index (χ3v) is 2.93. The molecule has 0 aliphatic heterocycles. The maximum Gasteiger partial charge on any atom is 0.270 e. The smallest absolute Gasteiger partial charge is 0.258 e. The van der Waals surface area contributed by atoms with Gasteiger partial charge in [-0.2, -0.15) is 5.26 Å². The van der Waals surface area contributed by atoms with Crippen molar-refractivity contribution in [2.45, 2.75) is 32.1 Å². The summed E-state index contributed by atoms with van der Waals surface area (Å²) in [7, 11) is 0. The number of hydrogen-bond donors (Lipinski definition) is 0. The monoisotopic (exact) mass is 266 g/mol. The Kier molecular flexibility index (Phi) is 5.11. The van der Waals surface area contributed by atoms with Gasteiger partial charge in [-0.3, -0.25) is 10.1 Å². The molecule has 1 unspecified atom stereocenters. The van der Waals surface area contributed by atoms with Crippen LogP contribution in [0, 0.1) is 27.4 Å². The molecule has 4 nitrogen and oxygen atoms in total. The van der Waals surface area contributed by atoms with Crippen LogP contribution in [0.3, 0.4) is 0 Å². The lowest BCUT2D eigenvalue weighted by atomic mass is 9.98. The Bertz CT molecular complexity index is 480. The van der Waals surface area contributed by atoms with Gasteiger partial charge in [0.1, 0.15) is 0 Å². The summed E-state index contributed by atoms with van der Waals surface area (Å²) in [6, 6.07) is 6.32. The van der Waals surface area contributed by atoms with Crippen LogP contribution in [0.15, 0.2) is 18.2 Å².